The largest absolute Gasteiger partial charge is 0.383 e. The van der Waals surface area contributed by atoms with Gasteiger partial charge in [-0.1, -0.05) is 37.3 Å². The lowest BCUT2D eigenvalue weighted by molar-refractivity contribution is 0.617. The van der Waals surface area contributed by atoms with Gasteiger partial charge >= 0.3 is 0 Å². The minimum atomic E-state index is -0.0479. The highest BCUT2D eigenvalue weighted by atomic mass is 15.0. The Kier molecular flexibility index (Phi) is 3.79. The molecule has 0 spiro atoms. The van der Waals surface area contributed by atoms with Crippen LogP contribution in [0.15, 0.2) is 54.7 Å². The van der Waals surface area contributed by atoms with Crippen molar-refractivity contribution in [3.63, 3.8) is 0 Å². The van der Waals surface area contributed by atoms with Crippen LogP contribution in [-0.2, 0) is 0 Å². The summed E-state index contributed by atoms with van der Waals surface area (Å²) in [5, 5.41) is 4.57. The number of nitrogens with one attached hydrogen (secondary N) is 1. The first-order valence-electron chi connectivity index (χ1n) is 7.09. The SMILES string of the molecule is CCNC(c1ccc2ccccc2n1)c1cccnc1N. The van der Waals surface area contributed by atoms with Crippen LogP contribution in [-0.4, -0.2) is 16.5 Å². The summed E-state index contributed by atoms with van der Waals surface area (Å²) in [5.41, 5.74) is 8.92. The maximum Gasteiger partial charge on any atom is 0.128 e. The van der Waals surface area contributed by atoms with Crippen molar-refractivity contribution in [2.75, 3.05) is 12.3 Å². The molecule has 21 heavy (non-hydrogen) atoms. The molecular formula is C17H18N4. The molecule has 3 N–H and O–H groups in total. The number of benzene rings is 1. The van der Waals surface area contributed by atoms with Gasteiger partial charge in [-0.15, -0.1) is 0 Å². The van der Waals surface area contributed by atoms with Crippen LogP contribution < -0.4 is 11.1 Å². The van der Waals surface area contributed by atoms with Gasteiger partial charge < -0.3 is 11.1 Å². The Hall–Kier alpha value is -2.46. The van der Waals surface area contributed by atoms with Crippen molar-refractivity contribution in [3.8, 4) is 0 Å². The van der Waals surface area contributed by atoms with E-state index in [0.717, 1.165) is 28.7 Å². The van der Waals surface area contributed by atoms with Gasteiger partial charge in [-0.25, -0.2) is 4.98 Å². The second-order valence-electron chi connectivity index (χ2n) is 4.90. The van der Waals surface area contributed by atoms with Crippen LogP contribution >= 0.6 is 0 Å². The third-order valence-corrected chi connectivity index (χ3v) is 3.51. The Bertz CT molecular complexity index is 754. The topological polar surface area (TPSA) is 63.8 Å². The smallest absolute Gasteiger partial charge is 0.128 e. The second-order valence-corrected chi connectivity index (χ2v) is 4.90. The molecule has 0 saturated carbocycles. The lowest BCUT2D eigenvalue weighted by Gasteiger charge is -2.19. The summed E-state index contributed by atoms with van der Waals surface area (Å²) in [6.07, 6.45) is 1.70. The summed E-state index contributed by atoms with van der Waals surface area (Å²) in [6, 6.07) is 16.1. The van der Waals surface area contributed by atoms with Crippen LogP contribution in [0, 0.1) is 0 Å². The highest BCUT2D eigenvalue weighted by Crippen LogP contribution is 2.25. The predicted molar refractivity (Wildman–Crippen MR) is 85.9 cm³/mol. The van der Waals surface area contributed by atoms with Crippen LogP contribution in [0.25, 0.3) is 10.9 Å². The standard InChI is InChI=1S/C17H18N4/c1-2-19-16(13-7-5-11-20-17(13)18)15-10-9-12-6-3-4-8-14(12)21-15/h3-11,16,19H,2H2,1H3,(H2,18,20). The molecule has 0 saturated heterocycles. The molecule has 1 aromatic carbocycles. The monoisotopic (exact) mass is 278 g/mol. The van der Waals surface area contributed by atoms with E-state index in [-0.39, 0.29) is 6.04 Å². The summed E-state index contributed by atoms with van der Waals surface area (Å²) < 4.78 is 0. The summed E-state index contributed by atoms with van der Waals surface area (Å²) in [4.78, 5) is 8.95. The van der Waals surface area contributed by atoms with Gasteiger partial charge in [0.05, 0.1) is 17.3 Å². The molecule has 1 unspecified atom stereocenters. The quantitative estimate of drug-likeness (QED) is 0.770. The van der Waals surface area contributed by atoms with Crippen molar-refractivity contribution < 1.29 is 0 Å². The zero-order valence-corrected chi connectivity index (χ0v) is 12.0. The minimum Gasteiger partial charge on any atom is -0.383 e. The van der Waals surface area contributed by atoms with Gasteiger partial charge in [-0.3, -0.25) is 4.98 Å². The van der Waals surface area contributed by atoms with Crippen molar-refractivity contribution in [2.24, 2.45) is 0 Å². The highest BCUT2D eigenvalue weighted by molar-refractivity contribution is 5.78. The summed E-state index contributed by atoms with van der Waals surface area (Å²) in [5.74, 6) is 0.540. The van der Waals surface area contributed by atoms with E-state index < -0.39 is 0 Å². The first-order valence-corrected chi connectivity index (χ1v) is 7.09. The number of rotatable bonds is 4. The lowest BCUT2D eigenvalue weighted by Crippen LogP contribution is -2.24. The zero-order chi connectivity index (χ0) is 14.7. The van der Waals surface area contributed by atoms with Gasteiger partial charge in [-0.2, -0.15) is 0 Å². The molecular weight excluding hydrogens is 260 g/mol. The van der Waals surface area contributed by atoms with Crippen molar-refractivity contribution in [3.05, 3.63) is 66.0 Å². The highest BCUT2D eigenvalue weighted by Gasteiger charge is 2.17. The van der Waals surface area contributed by atoms with E-state index in [4.69, 9.17) is 10.7 Å². The summed E-state index contributed by atoms with van der Waals surface area (Å²) in [7, 11) is 0. The summed E-state index contributed by atoms with van der Waals surface area (Å²) in [6.45, 7) is 2.90. The fourth-order valence-electron chi connectivity index (χ4n) is 2.49. The molecule has 3 aromatic rings. The first-order chi connectivity index (χ1) is 10.3. The van der Waals surface area contributed by atoms with E-state index in [1.807, 2.05) is 36.4 Å². The van der Waals surface area contributed by atoms with Crippen LogP contribution in [0.2, 0.25) is 0 Å². The fraction of sp³-hybridized carbons (Fsp3) is 0.176. The number of aromatic nitrogens is 2. The van der Waals surface area contributed by atoms with E-state index in [1.54, 1.807) is 6.20 Å². The van der Waals surface area contributed by atoms with Crippen LogP contribution in [0.5, 0.6) is 0 Å². The molecule has 4 heteroatoms. The van der Waals surface area contributed by atoms with Gasteiger partial charge in [0, 0.05) is 17.1 Å². The van der Waals surface area contributed by atoms with Crippen molar-refractivity contribution in [1.82, 2.24) is 15.3 Å². The van der Waals surface area contributed by atoms with Crippen molar-refractivity contribution in [1.29, 1.82) is 0 Å². The Morgan fingerprint density at radius 2 is 1.95 bits per heavy atom. The molecule has 4 nitrogen and oxygen atoms in total. The van der Waals surface area contributed by atoms with E-state index in [0.29, 0.717) is 5.82 Å². The van der Waals surface area contributed by atoms with Gasteiger partial charge in [0.15, 0.2) is 0 Å². The third-order valence-electron chi connectivity index (χ3n) is 3.51. The molecule has 0 aliphatic rings. The fourth-order valence-corrected chi connectivity index (χ4v) is 2.49. The Morgan fingerprint density at radius 3 is 2.76 bits per heavy atom. The summed E-state index contributed by atoms with van der Waals surface area (Å²) >= 11 is 0. The predicted octanol–water partition coefficient (Wildman–Crippen LogP) is 2.91. The number of nitrogen functional groups attached to an aromatic ring is 1. The molecule has 0 bridgehead atoms. The number of pyridine rings is 2. The van der Waals surface area contributed by atoms with Crippen molar-refractivity contribution in [2.45, 2.75) is 13.0 Å². The van der Waals surface area contributed by atoms with Gasteiger partial charge in [0.2, 0.25) is 0 Å². The molecule has 0 aliphatic carbocycles. The Morgan fingerprint density at radius 1 is 1.10 bits per heavy atom. The van der Waals surface area contributed by atoms with E-state index in [2.05, 4.69) is 29.4 Å². The Balaban J connectivity index is 2.09. The second kappa shape index (κ2) is 5.89. The number of fused-ring (bicyclic) bond motifs is 1. The molecule has 0 aliphatic heterocycles. The molecule has 106 valence electrons. The first kappa shape index (κ1) is 13.5. The number of para-hydroxylation sites is 1. The average molecular weight is 278 g/mol. The lowest BCUT2D eigenvalue weighted by atomic mass is 10.0. The number of hydrogen-bond donors (Lipinski definition) is 2. The minimum absolute atomic E-state index is 0.0479. The van der Waals surface area contributed by atoms with E-state index in [1.165, 1.54) is 0 Å². The molecule has 0 fully saturated rings. The van der Waals surface area contributed by atoms with Gasteiger partial charge in [-0.05, 0) is 24.7 Å². The molecule has 1 atom stereocenters. The third kappa shape index (κ3) is 2.71. The van der Waals surface area contributed by atoms with Crippen LogP contribution in [0.1, 0.15) is 24.2 Å². The maximum atomic E-state index is 6.02. The number of nitrogens with zero attached hydrogens (tertiary/aromatic N) is 2. The van der Waals surface area contributed by atoms with Crippen LogP contribution in [0.3, 0.4) is 0 Å². The van der Waals surface area contributed by atoms with Gasteiger partial charge in [0.1, 0.15) is 5.82 Å². The molecule has 0 radical (unpaired) electrons. The number of hydrogen-bond acceptors (Lipinski definition) is 4. The number of anilines is 1. The van der Waals surface area contributed by atoms with Crippen LogP contribution in [0.4, 0.5) is 5.82 Å². The molecule has 2 heterocycles. The average Bonchev–Trinajstić information content (AvgIpc) is 2.53. The van der Waals surface area contributed by atoms with Crippen molar-refractivity contribution >= 4 is 16.7 Å². The molecule has 0 amide bonds. The Labute approximate surface area is 124 Å². The van der Waals surface area contributed by atoms with E-state index in [9.17, 15) is 0 Å². The maximum absolute atomic E-state index is 6.02. The number of nitrogens with two attached hydrogens (primary N) is 1. The normalized spacial score (nSPS) is 12.4. The zero-order valence-electron chi connectivity index (χ0n) is 12.0. The van der Waals surface area contributed by atoms with Gasteiger partial charge in [0.25, 0.3) is 0 Å². The van der Waals surface area contributed by atoms with E-state index >= 15 is 0 Å². The molecule has 2 aromatic heterocycles. The molecule has 3 rings (SSSR count).